The van der Waals surface area contributed by atoms with E-state index in [9.17, 15) is 5.11 Å². The molecule has 3 nitrogen and oxygen atoms in total. The molecule has 0 amide bonds. The topological polar surface area (TPSA) is 33.1 Å². The molecule has 0 spiro atoms. The van der Waals surface area contributed by atoms with Crippen LogP contribution in [0.3, 0.4) is 0 Å². The molecule has 1 N–H and O–H groups in total. The van der Waals surface area contributed by atoms with Gasteiger partial charge in [0.25, 0.3) is 0 Å². The van der Waals surface area contributed by atoms with Gasteiger partial charge in [0.05, 0.1) is 18.6 Å². The summed E-state index contributed by atoms with van der Waals surface area (Å²) in [6.45, 7) is 7.28. The lowest BCUT2D eigenvalue weighted by Gasteiger charge is -2.58. The minimum Gasteiger partial charge on any atom is -1.00 e. The van der Waals surface area contributed by atoms with E-state index in [2.05, 4.69) is 78.3 Å². The van der Waals surface area contributed by atoms with Gasteiger partial charge < -0.3 is 22.0 Å². The Bertz CT molecular complexity index is 1590. The summed E-state index contributed by atoms with van der Waals surface area (Å²) in [4.78, 5) is 4.57. The summed E-state index contributed by atoms with van der Waals surface area (Å²) in [5.41, 5.74) is 3.37. The van der Waals surface area contributed by atoms with Crippen LogP contribution in [0, 0.1) is 11.8 Å². The lowest BCUT2D eigenvalue weighted by atomic mass is 9.71. The Morgan fingerprint density at radius 1 is 0.921 bits per heavy atom. The Morgan fingerprint density at radius 2 is 1.58 bits per heavy atom. The highest BCUT2D eigenvalue weighted by Gasteiger charge is 2.54. The number of aliphatic hydroxyl groups excluding tert-OH is 1. The molecule has 3 aliphatic rings. The SMILES string of the molecule is C=CC1C[N+]2(Cc3c4ccccc4cc4ccccc34)CCC1CC2[C@@H](O)c1ccnc2ccccc12.[Cl-]. The molecule has 4 heterocycles. The van der Waals surface area contributed by atoms with Crippen molar-refractivity contribution in [2.75, 3.05) is 13.1 Å². The number of hydrogen-bond donors (Lipinski definition) is 1. The van der Waals surface area contributed by atoms with Crippen LogP contribution < -0.4 is 12.4 Å². The van der Waals surface area contributed by atoms with Gasteiger partial charge in [0.15, 0.2) is 0 Å². The van der Waals surface area contributed by atoms with Gasteiger partial charge in [0, 0.05) is 35.9 Å². The van der Waals surface area contributed by atoms with Crippen molar-refractivity contribution in [2.45, 2.75) is 31.5 Å². The highest BCUT2D eigenvalue weighted by atomic mass is 35.5. The fraction of sp³-hybridized carbons (Fsp3) is 0.265. The molecule has 5 atom stereocenters. The van der Waals surface area contributed by atoms with Crippen molar-refractivity contribution in [1.29, 1.82) is 0 Å². The molecule has 4 aromatic carbocycles. The standard InChI is InChI=1S/C34H33N2O.ClH/c1-2-23-21-36(22-31-27-11-5-3-9-25(27)19-26-10-4-6-12-28(26)31)18-16-24(23)20-33(36)34(37)30-15-17-35-32-14-8-7-13-29(30)32;/h2-15,17,19,23-24,33-34,37H,1,16,18,20-22H2;1H/q+1;/p-1/t23?,24?,33?,34-,36?;/m0./s1. The fourth-order valence-corrected chi connectivity index (χ4v) is 7.56. The first-order valence-electron chi connectivity index (χ1n) is 13.6. The van der Waals surface area contributed by atoms with Gasteiger partial charge in [0.1, 0.15) is 18.7 Å². The molecule has 192 valence electrons. The molecule has 4 heteroatoms. The average molecular weight is 521 g/mol. The van der Waals surface area contributed by atoms with E-state index >= 15 is 0 Å². The number of para-hydroxylation sites is 1. The monoisotopic (exact) mass is 520 g/mol. The number of piperidine rings is 3. The zero-order valence-electron chi connectivity index (χ0n) is 21.5. The zero-order chi connectivity index (χ0) is 25.0. The first kappa shape index (κ1) is 25.1. The highest BCUT2D eigenvalue weighted by molar-refractivity contribution is 6.02. The lowest BCUT2D eigenvalue weighted by Crippen LogP contribution is -3.00. The molecule has 0 radical (unpaired) electrons. The maximum atomic E-state index is 12.1. The first-order chi connectivity index (χ1) is 18.2. The molecule has 0 saturated carbocycles. The smallest absolute Gasteiger partial charge is 0.131 e. The quantitative estimate of drug-likeness (QED) is 0.214. The average Bonchev–Trinajstić information content (AvgIpc) is 2.96. The van der Waals surface area contributed by atoms with Crippen LogP contribution in [-0.2, 0) is 6.54 Å². The Kier molecular flexibility index (Phi) is 6.47. The minimum absolute atomic E-state index is 0. The van der Waals surface area contributed by atoms with Crippen molar-refractivity contribution in [3.8, 4) is 0 Å². The number of benzene rings is 4. The van der Waals surface area contributed by atoms with Crippen molar-refractivity contribution in [3.05, 3.63) is 115 Å². The normalized spacial score (nSPS) is 25.3. The fourth-order valence-electron chi connectivity index (χ4n) is 7.56. The molecule has 1 aromatic heterocycles. The van der Waals surface area contributed by atoms with Crippen molar-refractivity contribution in [3.63, 3.8) is 0 Å². The third kappa shape index (κ3) is 3.92. The van der Waals surface area contributed by atoms with Gasteiger partial charge in [-0.15, -0.1) is 6.58 Å². The third-order valence-corrected chi connectivity index (χ3v) is 9.40. The van der Waals surface area contributed by atoms with Gasteiger partial charge in [0.2, 0.25) is 0 Å². The predicted octanol–water partition coefficient (Wildman–Crippen LogP) is 4.19. The van der Waals surface area contributed by atoms with E-state index in [0.717, 1.165) is 47.0 Å². The van der Waals surface area contributed by atoms with Crippen LogP contribution >= 0.6 is 0 Å². The number of quaternary nitrogens is 1. The van der Waals surface area contributed by atoms with Crippen molar-refractivity contribution >= 4 is 32.4 Å². The number of pyridine rings is 1. The van der Waals surface area contributed by atoms with Gasteiger partial charge in [-0.3, -0.25) is 4.98 Å². The van der Waals surface area contributed by atoms with E-state index in [1.807, 2.05) is 30.5 Å². The van der Waals surface area contributed by atoms with Crippen LogP contribution in [0.15, 0.2) is 104 Å². The van der Waals surface area contributed by atoms with E-state index in [4.69, 9.17) is 0 Å². The summed E-state index contributed by atoms with van der Waals surface area (Å²) >= 11 is 0. The molecule has 0 aliphatic carbocycles. The van der Waals surface area contributed by atoms with Gasteiger partial charge in [-0.1, -0.05) is 72.8 Å². The highest BCUT2D eigenvalue weighted by Crippen LogP contribution is 2.49. The van der Waals surface area contributed by atoms with E-state index in [0.29, 0.717) is 11.8 Å². The Balaban J connectivity index is 0.00000264. The summed E-state index contributed by atoms with van der Waals surface area (Å²) in [5, 5.41) is 18.4. The van der Waals surface area contributed by atoms with E-state index in [-0.39, 0.29) is 18.4 Å². The second kappa shape index (κ2) is 9.81. The summed E-state index contributed by atoms with van der Waals surface area (Å²) < 4.78 is 0.906. The number of halogens is 1. The molecule has 3 fully saturated rings. The lowest BCUT2D eigenvalue weighted by molar-refractivity contribution is -0.984. The van der Waals surface area contributed by atoms with Gasteiger partial charge in [-0.05, 0) is 51.2 Å². The molecule has 5 aromatic rings. The molecule has 3 aliphatic heterocycles. The van der Waals surface area contributed by atoms with Crippen LogP contribution in [0.1, 0.15) is 30.1 Å². The molecule has 2 bridgehead atoms. The largest absolute Gasteiger partial charge is 1.00 e. The maximum Gasteiger partial charge on any atom is 0.131 e. The van der Waals surface area contributed by atoms with E-state index in [1.165, 1.54) is 33.5 Å². The summed E-state index contributed by atoms with van der Waals surface area (Å²) in [6, 6.07) is 30.3. The number of rotatable bonds is 5. The Labute approximate surface area is 230 Å². The predicted molar refractivity (Wildman–Crippen MR) is 152 cm³/mol. The third-order valence-electron chi connectivity index (χ3n) is 9.40. The number of aromatic nitrogens is 1. The minimum atomic E-state index is -0.539. The maximum absolute atomic E-state index is 12.1. The molecule has 8 rings (SSSR count). The Morgan fingerprint density at radius 3 is 2.29 bits per heavy atom. The van der Waals surface area contributed by atoms with Gasteiger partial charge in [-0.2, -0.15) is 0 Å². The van der Waals surface area contributed by atoms with Crippen LogP contribution in [0.5, 0.6) is 0 Å². The van der Waals surface area contributed by atoms with Crippen molar-refractivity contribution in [2.24, 2.45) is 11.8 Å². The molecule has 38 heavy (non-hydrogen) atoms. The van der Waals surface area contributed by atoms with Gasteiger partial charge >= 0.3 is 0 Å². The van der Waals surface area contributed by atoms with Crippen LogP contribution in [0.25, 0.3) is 32.4 Å². The number of nitrogens with zero attached hydrogens (tertiary/aromatic N) is 2. The summed E-state index contributed by atoms with van der Waals surface area (Å²) in [5.74, 6) is 1.09. The van der Waals surface area contributed by atoms with Crippen LogP contribution in [0.4, 0.5) is 0 Å². The van der Waals surface area contributed by atoms with Crippen LogP contribution in [-0.4, -0.2) is 33.7 Å². The molecular formula is C34H33ClN2O. The number of hydrogen-bond acceptors (Lipinski definition) is 2. The van der Waals surface area contributed by atoms with Crippen molar-refractivity contribution in [1.82, 2.24) is 4.98 Å². The van der Waals surface area contributed by atoms with E-state index < -0.39 is 6.10 Å². The molecule has 4 unspecified atom stereocenters. The second-order valence-electron chi connectivity index (χ2n) is 11.2. The molecule has 3 saturated heterocycles. The zero-order valence-corrected chi connectivity index (χ0v) is 22.3. The van der Waals surface area contributed by atoms with E-state index in [1.54, 1.807) is 0 Å². The number of aliphatic hydroxyl groups is 1. The summed E-state index contributed by atoms with van der Waals surface area (Å²) in [6.07, 6.45) is 5.72. The Hall–Kier alpha value is -3.24. The first-order valence-corrected chi connectivity index (χ1v) is 13.6. The number of fused-ring (bicyclic) bond motifs is 6. The summed E-state index contributed by atoms with van der Waals surface area (Å²) in [7, 11) is 0. The second-order valence-corrected chi connectivity index (χ2v) is 11.2. The molecular weight excluding hydrogens is 488 g/mol. The van der Waals surface area contributed by atoms with Crippen molar-refractivity contribution < 1.29 is 22.0 Å². The van der Waals surface area contributed by atoms with Gasteiger partial charge in [-0.25, -0.2) is 0 Å². The van der Waals surface area contributed by atoms with Crippen LogP contribution in [0.2, 0.25) is 0 Å².